The molecule has 0 spiro atoms. The Morgan fingerprint density at radius 1 is 1.12 bits per heavy atom. The van der Waals surface area contributed by atoms with Crippen LogP contribution in [0, 0.1) is 5.82 Å². The van der Waals surface area contributed by atoms with Gasteiger partial charge in [0.15, 0.2) is 0 Å². The lowest BCUT2D eigenvalue weighted by Crippen LogP contribution is -2.22. The maximum Gasteiger partial charge on any atom is 0.573 e. The van der Waals surface area contributed by atoms with Crippen LogP contribution < -0.4 is 10.1 Å². The number of amides is 1. The van der Waals surface area contributed by atoms with Crippen molar-refractivity contribution in [3.63, 3.8) is 0 Å². The Morgan fingerprint density at radius 2 is 1.75 bits per heavy atom. The van der Waals surface area contributed by atoms with Gasteiger partial charge in [0.2, 0.25) is 5.91 Å². The zero-order chi connectivity index (χ0) is 17.7. The van der Waals surface area contributed by atoms with Gasteiger partial charge in [0.05, 0.1) is 5.25 Å². The second-order valence-electron chi connectivity index (χ2n) is 4.75. The Kier molecular flexibility index (Phi) is 5.71. The van der Waals surface area contributed by atoms with Gasteiger partial charge in [-0.2, -0.15) is 0 Å². The number of benzene rings is 2. The van der Waals surface area contributed by atoms with Crippen LogP contribution in [0.2, 0.25) is 0 Å². The van der Waals surface area contributed by atoms with Gasteiger partial charge in [-0.15, -0.1) is 24.9 Å². The summed E-state index contributed by atoms with van der Waals surface area (Å²) in [6.07, 6.45) is -4.77. The van der Waals surface area contributed by atoms with Crippen molar-refractivity contribution in [3.8, 4) is 5.75 Å². The van der Waals surface area contributed by atoms with E-state index in [-0.39, 0.29) is 5.75 Å². The van der Waals surface area contributed by atoms with Gasteiger partial charge in [0, 0.05) is 10.6 Å². The first-order valence-corrected chi connectivity index (χ1v) is 7.70. The molecule has 0 aliphatic rings. The Labute approximate surface area is 140 Å². The molecule has 0 aromatic heterocycles. The highest BCUT2D eigenvalue weighted by Crippen LogP contribution is 2.27. The van der Waals surface area contributed by atoms with E-state index in [2.05, 4.69) is 10.1 Å². The Hall–Kier alpha value is -2.22. The third kappa shape index (κ3) is 5.45. The molecule has 0 bridgehead atoms. The third-order valence-corrected chi connectivity index (χ3v) is 4.02. The van der Waals surface area contributed by atoms with E-state index in [4.69, 9.17) is 0 Å². The Balaban J connectivity index is 1.95. The molecule has 1 atom stereocenters. The molecule has 2 aromatic rings. The first kappa shape index (κ1) is 18.1. The molecule has 0 aliphatic carbocycles. The van der Waals surface area contributed by atoms with Crippen molar-refractivity contribution in [1.82, 2.24) is 0 Å². The molecule has 2 rings (SSSR count). The number of hydrogen-bond donors (Lipinski definition) is 1. The van der Waals surface area contributed by atoms with E-state index in [1.54, 1.807) is 25.1 Å². The number of nitrogens with one attached hydrogen (secondary N) is 1. The average Bonchev–Trinajstić information content (AvgIpc) is 2.50. The lowest BCUT2D eigenvalue weighted by molar-refractivity contribution is -0.274. The summed E-state index contributed by atoms with van der Waals surface area (Å²) in [4.78, 5) is 12.4. The Morgan fingerprint density at radius 3 is 2.33 bits per heavy atom. The largest absolute Gasteiger partial charge is 0.573 e. The second kappa shape index (κ2) is 7.57. The number of hydrogen-bond acceptors (Lipinski definition) is 3. The van der Waals surface area contributed by atoms with Crippen LogP contribution in [0.15, 0.2) is 53.4 Å². The third-order valence-electron chi connectivity index (χ3n) is 2.87. The predicted octanol–water partition coefficient (Wildman–Crippen LogP) is 4.84. The van der Waals surface area contributed by atoms with Crippen LogP contribution in [-0.2, 0) is 4.79 Å². The van der Waals surface area contributed by atoms with Crippen LogP contribution in [0.3, 0.4) is 0 Å². The van der Waals surface area contributed by atoms with Crippen molar-refractivity contribution in [1.29, 1.82) is 0 Å². The van der Waals surface area contributed by atoms with E-state index in [0.717, 1.165) is 23.9 Å². The first-order valence-electron chi connectivity index (χ1n) is 6.82. The van der Waals surface area contributed by atoms with Crippen molar-refractivity contribution in [3.05, 3.63) is 54.3 Å². The van der Waals surface area contributed by atoms with E-state index in [1.807, 2.05) is 0 Å². The molecule has 24 heavy (non-hydrogen) atoms. The zero-order valence-electron chi connectivity index (χ0n) is 12.4. The minimum atomic E-state index is -4.77. The number of carbonyl (C=O) groups is 1. The molecule has 128 valence electrons. The summed E-state index contributed by atoms with van der Waals surface area (Å²) < 4.78 is 53.5. The first-order chi connectivity index (χ1) is 11.2. The van der Waals surface area contributed by atoms with Crippen LogP contribution in [0.25, 0.3) is 0 Å². The van der Waals surface area contributed by atoms with E-state index in [0.29, 0.717) is 10.6 Å². The summed E-state index contributed by atoms with van der Waals surface area (Å²) in [7, 11) is 0. The van der Waals surface area contributed by atoms with Gasteiger partial charge in [0.1, 0.15) is 11.6 Å². The summed E-state index contributed by atoms with van der Waals surface area (Å²) in [5.74, 6) is -1.20. The fourth-order valence-corrected chi connectivity index (χ4v) is 2.65. The van der Waals surface area contributed by atoms with E-state index in [9.17, 15) is 22.4 Å². The van der Waals surface area contributed by atoms with Crippen molar-refractivity contribution >= 4 is 23.4 Å². The number of alkyl halides is 3. The minimum Gasteiger partial charge on any atom is -0.406 e. The molecular formula is C16H13F4NO2S. The highest BCUT2D eigenvalue weighted by atomic mass is 32.2. The van der Waals surface area contributed by atoms with Crippen LogP contribution in [0.1, 0.15) is 6.92 Å². The molecule has 2 aromatic carbocycles. The molecule has 0 fully saturated rings. The lowest BCUT2D eigenvalue weighted by Gasteiger charge is -2.13. The highest BCUT2D eigenvalue weighted by molar-refractivity contribution is 8.00. The molecule has 0 aliphatic heterocycles. The molecule has 1 amide bonds. The second-order valence-corrected chi connectivity index (χ2v) is 6.13. The van der Waals surface area contributed by atoms with E-state index < -0.39 is 23.3 Å². The highest BCUT2D eigenvalue weighted by Gasteiger charge is 2.31. The number of ether oxygens (including phenoxy) is 1. The van der Waals surface area contributed by atoms with Crippen LogP contribution in [0.4, 0.5) is 23.2 Å². The van der Waals surface area contributed by atoms with Crippen LogP contribution in [-0.4, -0.2) is 17.5 Å². The standard InChI is InChI=1S/C16H13F4NO2S/c1-10(24-14-5-3-2-4-13(14)17)15(22)21-11-6-8-12(9-7-11)23-16(18,19)20/h2-10H,1H3,(H,21,22). The van der Waals surface area contributed by atoms with E-state index >= 15 is 0 Å². The fraction of sp³-hybridized carbons (Fsp3) is 0.188. The predicted molar refractivity (Wildman–Crippen MR) is 83.5 cm³/mol. The molecule has 0 saturated carbocycles. The van der Waals surface area contributed by atoms with Gasteiger partial charge in [-0.05, 0) is 43.3 Å². The number of carbonyl (C=O) groups excluding carboxylic acids is 1. The van der Waals surface area contributed by atoms with Gasteiger partial charge in [-0.3, -0.25) is 4.79 Å². The quantitative estimate of drug-likeness (QED) is 0.613. The van der Waals surface area contributed by atoms with Crippen molar-refractivity contribution in [2.24, 2.45) is 0 Å². The summed E-state index contributed by atoms with van der Waals surface area (Å²) in [6, 6.07) is 10.8. The van der Waals surface area contributed by atoms with Gasteiger partial charge in [-0.25, -0.2) is 4.39 Å². The number of halogens is 4. The molecule has 0 heterocycles. The number of anilines is 1. The van der Waals surface area contributed by atoms with Crippen molar-refractivity contribution < 1.29 is 27.1 Å². The minimum absolute atomic E-state index is 0.315. The normalized spacial score (nSPS) is 12.5. The maximum atomic E-state index is 13.6. The Bertz CT molecular complexity index is 704. The summed E-state index contributed by atoms with van der Waals surface area (Å²) >= 11 is 1.05. The molecule has 8 heteroatoms. The van der Waals surface area contributed by atoms with Crippen LogP contribution in [0.5, 0.6) is 5.75 Å². The monoisotopic (exact) mass is 359 g/mol. The molecule has 3 nitrogen and oxygen atoms in total. The molecule has 0 radical (unpaired) electrons. The maximum absolute atomic E-state index is 13.6. The van der Waals surface area contributed by atoms with Gasteiger partial charge in [0.25, 0.3) is 0 Å². The molecular weight excluding hydrogens is 346 g/mol. The summed E-state index contributed by atoms with van der Waals surface area (Å²) in [5, 5.41) is 1.96. The van der Waals surface area contributed by atoms with Gasteiger partial charge >= 0.3 is 6.36 Å². The average molecular weight is 359 g/mol. The smallest absolute Gasteiger partial charge is 0.406 e. The van der Waals surface area contributed by atoms with Gasteiger partial charge < -0.3 is 10.1 Å². The van der Waals surface area contributed by atoms with E-state index in [1.165, 1.54) is 18.2 Å². The lowest BCUT2D eigenvalue weighted by atomic mass is 10.3. The summed E-state index contributed by atoms with van der Waals surface area (Å²) in [6.45, 7) is 1.60. The SMILES string of the molecule is CC(Sc1ccccc1F)C(=O)Nc1ccc(OC(F)(F)F)cc1. The topological polar surface area (TPSA) is 38.3 Å². The molecule has 0 saturated heterocycles. The molecule has 1 N–H and O–H groups in total. The number of thioether (sulfide) groups is 1. The molecule has 1 unspecified atom stereocenters. The van der Waals surface area contributed by atoms with Crippen LogP contribution >= 0.6 is 11.8 Å². The number of rotatable bonds is 5. The zero-order valence-corrected chi connectivity index (χ0v) is 13.2. The van der Waals surface area contributed by atoms with Gasteiger partial charge in [-0.1, -0.05) is 12.1 Å². The summed E-state index contributed by atoms with van der Waals surface area (Å²) in [5.41, 5.74) is 0.315. The van der Waals surface area contributed by atoms with Crippen molar-refractivity contribution in [2.75, 3.05) is 5.32 Å². The van der Waals surface area contributed by atoms with Crippen molar-refractivity contribution in [2.45, 2.75) is 23.4 Å². The fourth-order valence-electron chi connectivity index (χ4n) is 1.77.